The summed E-state index contributed by atoms with van der Waals surface area (Å²) < 4.78 is 88.3. The molecule has 0 aromatic carbocycles. The van der Waals surface area contributed by atoms with E-state index in [1.807, 2.05) is 6.92 Å². The lowest BCUT2D eigenvalue weighted by Crippen LogP contribution is -2.60. The van der Waals surface area contributed by atoms with E-state index >= 15 is 0 Å². The molecule has 682 valence electrons. The summed E-state index contributed by atoms with van der Waals surface area (Å²) in [6.45, 7) is 1.10. The monoisotopic (exact) mass is 1680 g/mol. The molecule has 4 bridgehead atoms. The lowest BCUT2D eigenvalue weighted by Gasteiger charge is -2.42. The summed E-state index contributed by atoms with van der Waals surface area (Å²) in [5.41, 5.74) is 0. The first-order valence-electron chi connectivity index (χ1n) is 44.0. The third-order valence-corrected chi connectivity index (χ3v) is 23.8. The molecule has 33 nitrogen and oxygen atoms in total. The minimum atomic E-state index is -1.77. The van der Waals surface area contributed by atoms with Crippen molar-refractivity contribution >= 4 is 11.9 Å². The Morgan fingerprint density at radius 3 is 0.897 bits per heavy atom. The third-order valence-electron chi connectivity index (χ3n) is 23.8. The first kappa shape index (κ1) is 103. The SMILES string of the molecule is CO[C@H]1[C@H](O[C@@H](CCCCCCCCCCCCCCC[C@H]2CC(=O)OC[C@H]3O[C@@H](O[C@H](CCCCCCCCCCCCC[C@@H](CCCCC[C@@H](C)O)O[C@@H]4O[C@H](CO)[C@@H](O)[C@H](O)[C@H]4OC)CC(=O)OC[C@H]4O[C@@H](O2)[C@H](O)[C@@H](O)[C@@H]4O)[C@H](O)[C@@H](O)[C@@H]3O)CCCCC[C@@H](C)O[C@@H]2O[C@H](CO)[C@@H](O)[C@H](O)[C@H]2OC)O[C@H](CO)[C@@H](O)[C@@H]1O. The maximum atomic E-state index is 13.6. The largest absolute Gasteiger partial charge is 0.463 e. The Balaban J connectivity index is 0.871. The van der Waals surface area contributed by atoms with Gasteiger partial charge in [-0.3, -0.25) is 9.59 Å². The fraction of sp³-hybridized carbons (Fsp3) is 0.976. The Hall–Kier alpha value is -2.22. The van der Waals surface area contributed by atoms with Gasteiger partial charge in [0, 0.05) is 21.3 Å². The van der Waals surface area contributed by atoms with Gasteiger partial charge in [0.25, 0.3) is 0 Å². The molecular formula is C83H152O33. The molecule has 0 spiro atoms. The number of esters is 2. The number of fused-ring (bicyclic) bond motifs is 4. The minimum Gasteiger partial charge on any atom is -0.463 e. The van der Waals surface area contributed by atoms with Crippen LogP contribution in [0.4, 0.5) is 0 Å². The van der Waals surface area contributed by atoms with E-state index in [9.17, 15) is 91.3 Å². The van der Waals surface area contributed by atoms with Gasteiger partial charge in [-0.1, -0.05) is 193 Å². The van der Waals surface area contributed by atoms with Gasteiger partial charge in [-0.05, 0) is 65.2 Å². The number of methoxy groups -OCH3 is 3. The highest BCUT2D eigenvalue weighted by Crippen LogP contribution is 2.34. The van der Waals surface area contributed by atoms with E-state index in [-0.39, 0.29) is 37.3 Å². The number of aliphatic hydroxyl groups excluding tert-OH is 16. The van der Waals surface area contributed by atoms with Crippen LogP contribution in [0.3, 0.4) is 0 Å². The van der Waals surface area contributed by atoms with E-state index in [0.29, 0.717) is 38.5 Å². The molecule has 6 fully saturated rings. The van der Waals surface area contributed by atoms with Crippen LogP contribution in [0.5, 0.6) is 0 Å². The van der Waals surface area contributed by atoms with Crippen LogP contribution in [0.2, 0.25) is 0 Å². The molecule has 0 aliphatic carbocycles. The average molecular weight is 1680 g/mol. The fourth-order valence-electron chi connectivity index (χ4n) is 16.5. The van der Waals surface area contributed by atoms with Crippen molar-refractivity contribution in [1.29, 1.82) is 0 Å². The molecule has 116 heavy (non-hydrogen) atoms. The molecule has 6 heterocycles. The molecule has 0 saturated carbocycles. The van der Waals surface area contributed by atoms with Crippen molar-refractivity contribution in [2.45, 2.75) is 461 Å². The summed E-state index contributed by atoms with van der Waals surface area (Å²) in [6.07, 6.45) is -3.24. The Kier molecular flexibility index (Phi) is 50.7. The van der Waals surface area contributed by atoms with Crippen LogP contribution in [0.1, 0.15) is 271 Å². The highest BCUT2D eigenvalue weighted by Gasteiger charge is 2.51. The van der Waals surface area contributed by atoms with Crippen molar-refractivity contribution in [1.82, 2.24) is 0 Å². The normalized spacial score (nSPS) is 35.6. The van der Waals surface area contributed by atoms with E-state index in [1.54, 1.807) is 6.92 Å². The van der Waals surface area contributed by atoms with Gasteiger partial charge in [-0.2, -0.15) is 0 Å². The number of ether oxygens (including phenoxy) is 15. The summed E-state index contributed by atoms with van der Waals surface area (Å²) in [5, 5.41) is 169. The highest BCUT2D eigenvalue weighted by molar-refractivity contribution is 5.70. The zero-order valence-corrected chi connectivity index (χ0v) is 69.8. The lowest BCUT2D eigenvalue weighted by atomic mass is 9.98. The van der Waals surface area contributed by atoms with Gasteiger partial charge in [0.1, 0.15) is 135 Å². The molecule has 0 aromatic heterocycles. The molecule has 0 radical (unpaired) electrons. The van der Waals surface area contributed by atoms with Gasteiger partial charge in [-0.25, -0.2) is 0 Å². The molecule has 6 aliphatic rings. The first-order chi connectivity index (χ1) is 55.9. The van der Waals surface area contributed by atoms with Gasteiger partial charge in [0.15, 0.2) is 31.5 Å². The Labute approximate surface area is 686 Å². The topological polar surface area (TPSA) is 496 Å². The van der Waals surface area contributed by atoms with E-state index < -0.39 is 211 Å². The maximum absolute atomic E-state index is 13.6. The van der Waals surface area contributed by atoms with E-state index in [2.05, 4.69) is 0 Å². The van der Waals surface area contributed by atoms with Crippen LogP contribution >= 0.6 is 0 Å². The van der Waals surface area contributed by atoms with E-state index in [4.69, 9.17) is 71.1 Å². The molecule has 0 amide bonds. The molecule has 0 unspecified atom stereocenters. The van der Waals surface area contributed by atoms with Gasteiger partial charge >= 0.3 is 11.9 Å². The predicted octanol–water partition coefficient (Wildman–Crippen LogP) is 3.99. The number of carbonyl (C=O) groups excluding carboxylic acids is 2. The molecule has 6 saturated heterocycles. The van der Waals surface area contributed by atoms with Gasteiger partial charge in [0.2, 0.25) is 0 Å². The maximum Gasteiger partial charge on any atom is 0.308 e. The number of aliphatic hydroxyl groups is 16. The van der Waals surface area contributed by atoms with Crippen molar-refractivity contribution in [3.05, 3.63) is 0 Å². The number of unbranched alkanes of at least 4 members (excludes halogenated alkanes) is 26. The van der Waals surface area contributed by atoms with Crippen LogP contribution in [-0.2, 0) is 80.6 Å². The lowest BCUT2D eigenvalue weighted by molar-refractivity contribution is -0.316. The molecule has 16 N–H and O–H groups in total. The smallest absolute Gasteiger partial charge is 0.308 e. The number of carbonyl (C=O) groups is 2. The quantitative estimate of drug-likeness (QED) is 0.0302. The molecule has 31 atom stereocenters. The van der Waals surface area contributed by atoms with Crippen molar-refractivity contribution < 1.29 is 162 Å². The van der Waals surface area contributed by atoms with Gasteiger partial charge < -0.3 is 153 Å². The van der Waals surface area contributed by atoms with E-state index in [1.165, 1.54) is 21.3 Å². The van der Waals surface area contributed by atoms with Crippen molar-refractivity contribution in [2.24, 2.45) is 0 Å². The Morgan fingerprint density at radius 1 is 0.319 bits per heavy atom. The number of hydrogen-bond donors (Lipinski definition) is 16. The van der Waals surface area contributed by atoms with Crippen LogP contribution in [-0.4, -0.2) is 338 Å². The Bertz CT molecular complexity index is 2520. The van der Waals surface area contributed by atoms with Crippen molar-refractivity contribution in [3.63, 3.8) is 0 Å². The number of rotatable bonds is 54. The second kappa shape index (κ2) is 57.3. The summed E-state index contributed by atoms with van der Waals surface area (Å²) >= 11 is 0. The predicted molar refractivity (Wildman–Crippen MR) is 417 cm³/mol. The van der Waals surface area contributed by atoms with Gasteiger partial charge in [0.05, 0.1) is 69.3 Å². The second-order valence-corrected chi connectivity index (χ2v) is 33.3. The molecule has 6 rings (SSSR count). The van der Waals surface area contributed by atoms with Crippen LogP contribution in [0, 0.1) is 0 Å². The molecule has 33 heteroatoms. The second-order valence-electron chi connectivity index (χ2n) is 33.3. The van der Waals surface area contributed by atoms with E-state index in [0.717, 1.165) is 205 Å². The zero-order valence-electron chi connectivity index (χ0n) is 69.8. The number of hydrogen-bond acceptors (Lipinski definition) is 33. The summed E-state index contributed by atoms with van der Waals surface area (Å²) in [7, 11) is 4.22. The number of cyclic esters (lactones) is 2. The summed E-state index contributed by atoms with van der Waals surface area (Å²) in [6, 6.07) is 0. The summed E-state index contributed by atoms with van der Waals surface area (Å²) in [5.74, 6) is -1.54. The highest BCUT2D eigenvalue weighted by atomic mass is 16.8. The molecule has 6 aliphatic heterocycles. The minimum absolute atomic E-state index is 0.187. The molecular weight excluding hydrogens is 1520 g/mol. The third kappa shape index (κ3) is 35.1. The van der Waals surface area contributed by atoms with Crippen LogP contribution < -0.4 is 0 Å². The zero-order chi connectivity index (χ0) is 84.5. The fourth-order valence-corrected chi connectivity index (χ4v) is 16.5. The summed E-state index contributed by atoms with van der Waals surface area (Å²) in [4.78, 5) is 27.2. The van der Waals surface area contributed by atoms with Crippen LogP contribution in [0.25, 0.3) is 0 Å². The average Bonchev–Trinajstić information content (AvgIpc) is 0.833. The van der Waals surface area contributed by atoms with Gasteiger partial charge in [-0.15, -0.1) is 0 Å². The molecule has 0 aromatic rings. The van der Waals surface area contributed by atoms with Crippen molar-refractivity contribution in [2.75, 3.05) is 54.4 Å². The first-order valence-corrected chi connectivity index (χ1v) is 44.0. The van der Waals surface area contributed by atoms with Crippen LogP contribution in [0.15, 0.2) is 0 Å². The Morgan fingerprint density at radius 2 is 0.595 bits per heavy atom. The van der Waals surface area contributed by atoms with Crippen molar-refractivity contribution in [3.8, 4) is 0 Å². The standard InChI is InChI=1S/C83H152O33/c1-51(87)36-28-26-34-40-53(108-82-77(103-4)72(98)65(91)58(47-85)113-82)38-30-22-19-15-12-9-13-17-21-25-33-43-56-45-63(89)106-50-60-67(93)69(95)74(100)79(115-60)110-55(44-62(88)105-49-61-68(94)70(96)75(101)80(111-56)116-61)42-32-24-20-16-11-8-6-7-10-14-18-23-31-39-54(109-83-78(104-5)73(99)66(92)59(48-86)114-83)41-35-27-29-37-52(2)107-81-76(102-3)71(97)64(90)57(46-84)112-81/h51-61,64-87,90-101H,6-50H2,1-5H3/t51-,52-,53+,54+,55+,56-,57-,58-,59-,60-,61-,64-,65-,66-,67-,68-,69+,70+,71+,72+,73+,74-,75-,76-,77-,78-,79-,80-,81-,82-,83-/m1/s1.